The summed E-state index contributed by atoms with van der Waals surface area (Å²) in [4.78, 5) is 19.0. The lowest BCUT2D eigenvalue weighted by Gasteiger charge is -2.47. The molecule has 0 amide bonds. The van der Waals surface area contributed by atoms with Gasteiger partial charge in [0.2, 0.25) is 5.78 Å². The van der Waals surface area contributed by atoms with Gasteiger partial charge in [-0.15, -0.1) is 0 Å². The number of carbonyl (C=O) groups is 1. The molecule has 0 unspecified atom stereocenters. The molecule has 1 saturated carbocycles. The summed E-state index contributed by atoms with van der Waals surface area (Å²) in [7, 11) is 0. The highest BCUT2D eigenvalue weighted by molar-refractivity contribution is 6.33. The van der Waals surface area contributed by atoms with E-state index in [0.717, 1.165) is 62.3 Å². The van der Waals surface area contributed by atoms with Gasteiger partial charge < -0.3 is 19.7 Å². The Kier molecular flexibility index (Phi) is 11.2. The van der Waals surface area contributed by atoms with Crippen LogP contribution >= 0.6 is 11.6 Å². The molecule has 1 saturated heterocycles. The number of ketones is 1. The van der Waals surface area contributed by atoms with Crippen LogP contribution in [0.3, 0.4) is 0 Å². The van der Waals surface area contributed by atoms with Crippen molar-refractivity contribution in [1.82, 2.24) is 9.80 Å². The second-order valence-electron chi connectivity index (χ2n) is 15.0. The molecule has 11 heteroatoms. The van der Waals surface area contributed by atoms with Gasteiger partial charge in [0.15, 0.2) is 5.76 Å². The number of hydrogen-bond donors (Lipinski definition) is 3. The number of β-amino-alcohol motifs (C(OH)–C–C–N with tert-alkyl or cyclic N) is 2. The lowest BCUT2D eigenvalue weighted by atomic mass is 9.64. The molecule has 3 aliphatic carbocycles. The molecule has 3 aromatic rings. The van der Waals surface area contributed by atoms with Crippen molar-refractivity contribution in [2.45, 2.75) is 82.6 Å². The number of nitrogens with zero attached hydrogens (tertiary/aromatic N) is 2. The van der Waals surface area contributed by atoms with Gasteiger partial charge >= 0.3 is 6.18 Å². The highest BCUT2D eigenvalue weighted by atomic mass is 35.5. The Balaban J connectivity index is 1.38. The molecule has 3 N–H and O–H groups in total. The van der Waals surface area contributed by atoms with Crippen LogP contribution in [-0.4, -0.2) is 88.5 Å². The van der Waals surface area contributed by atoms with Gasteiger partial charge in [0.1, 0.15) is 5.76 Å². The predicted octanol–water partition coefficient (Wildman–Crippen LogP) is 7.50. The molecule has 51 heavy (non-hydrogen) atoms. The fourth-order valence-electron chi connectivity index (χ4n) is 8.51. The number of allylic oxidation sites excluding steroid dienone is 2. The average molecular weight is 729 g/mol. The predicted molar refractivity (Wildman–Crippen MR) is 191 cm³/mol. The van der Waals surface area contributed by atoms with Crippen LogP contribution in [0.15, 0.2) is 64.6 Å². The maximum absolute atomic E-state index is 14.5. The van der Waals surface area contributed by atoms with Crippen LogP contribution in [0, 0.1) is 5.41 Å². The molecule has 0 radical (unpaired) electrons. The van der Waals surface area contributed by atoms with Gasteiger partial charge in [0.05, 0.1) is 28.9 Å². The molecule has 2 aromatic carbocycles. The summed E-state index contributed by atoms with van der Waals surface area (Å²) in [5.41, 5.74) is 0.692. The zero-order chi connectivity index (χ0) is 36.6. The van der Waals surface area contributed by atoms with Crippen LogP contribution in [0.5, 0.6) is 0 Å². The minimum Gasteiger partial charge on any atom is -0.453 e. The summed E-state index contributed by atoms with van der Waals surface area (Å²) >= 11 is 6.31. The quantitative estimate of drug-likeness (QED) is 0.171. The number of carbonyl (C=O) groups excluding carboxylic acids is 1. The molecule has 1 aliphatic heterocycles. The van der Waals surface area contributed by atoms with Gasteiger partial charge in [0.25, 0.3) is 0 Å². The molecule has 0 spiro atoms. The summed E-state index contributed by atoms with van der Waals surface area (Å²) in [5, 5.41) is 33.1. The number of furan rings is 1. The fraction of sp³-hybridized carbons (Fsp3) is 0.525. The normalized spacial score (nSPS) is 26.9. The third-order valence-corrected chi connectivity index (χ3v) is 12.0. The number of piperazine rings is 1. The van der Waals surface area contributed by atoms with Gasteiger partial charge in [-0.3, -0.25) is 14.6 Å². The molecule has 2 fully saturated rings. The van der Waals surface area contributed by atoms with Crippen molar-refractivity contribution in [1.29, 1.82) is 0 Å². The number of aliphatic hydroxyl groups excluding tert-OH is 2. The van der Waals surface area contributed by atoms with E-state index in [1.165, 1.54) is 23.8 Å². The highest BCUT2D eigenvalue weighted by Crippen LogP contribution is 2.59. The number of benzene rings is 2. The van der Waals surface area contributed by atoms with Crippen molar-refractivity contribution in [3.8, 4) is 11.3 Å². The fourth-order valence-corrected chi connectivity index (χ4v) is 8.72. The number of rotatable bonds is 7. The van der Waals surface area contributed by atoms with Crippen molar-refractivity contribution in [2.24, 2.45) is 5.41 Å². The number of halogens is 4. The molecular formula is C40H48ClF3N2O5. The van der Waals surface area contributed by atoms with Gasteiger partial charge in [0, 0.05) is 55.8 Å². The maximum atomic E-state index is 14.5. The molecule has 7 rings (SSSR count). The molecule has 4 atom stereocenters. The lowest BCUT2D eigenvalue weighted by molar-refractivity contribution is -0.137. The van der Waals surface area contributed by atoms with E-state index in [0.29, 0.717) is 50.8 Å². The monoisotopic (exact) mass is 728 g/mol. The lowest BCUT2D eigenvalue weighted by Crippen LogP contribution is -2.56. The first-order chi connectivity index (χ1) is 24.2. The van der Waals surface area contributed by atoms with E-state index in [-0.39, 0.29) is 34.6 Å². The van der Waals surface area contributed by atoms with E-state index in [9.17, 15) is 33.3 Å². The molecule has 1 aromatic heterocycles. The standard InChI is InChI=1S/C40H48ClF3N2O5/c1-26-4-3-14-38(2)33(13-15-39(38,50)25-46-18-16-45(17-19-46)20-21-47)30-9-6-27(22-29(48)8-5-26)23-31(30)37(49)36-12-11-35(51-36)32-24-28(40(42,43)44)7-10-34(32)41/h4,6-7,9-12,23-24,29,33,47-48,50H,3,5,8,13-22,25H2,1-2H3/t29-,33-,38-,39+/m0/s1. The van der Waals surface area contributed by atoms with Gasteiger partial charge in [-0.2, -0.15) is 13.2 Å². The summed E-state index contributed by atoms with van der Waals surface area (Å²) in [6, 6.07) is 11.6. The molecule has 2 heterocycles. The Morgan fingerprint density at radius 1 is 1.02 bits per heavy atom. The highest BCUT2D eigenvalue weighted by Gasteiger charge is 2.57. The van der Waals surface area contributed by atoms with Crippen LogP contribution in [-0.2, 0) is 12.6 Å². The molecule has 7 nitrogen and oxygen atoms in total. The maximum Gasteiger partial charge on any atom is 0.416 e. The zero-order valence-corrected chi connectivity index (χ0v) is 30.1. The van der Waals surface area contributed by atoms with Crippen LogP contribution in [0.4, 0.5) is 13.2 Å². The van der Waals surface area contributed by atoms with Crippen molar-refractivity contribution >= 4 is 17.4 Å². The smallest absolute Gasteiger partial charge is 0.416 e. The third kappa shape index (κ3) is 8.01. The van der Waals surface area contributed by atoms with E-state index in [2.05, 4.69) is 29.7 Å². The topological polar surface area (TPSA) is 97.4 Å². The van der Waals surface area contributed by atoms with Crippen LogP contribution in [0.1, 0.15) is 91.1 Å². The molecule has 2 bridgehead atoms. The van der Waals surface area contributed by atoms with Crippen molar-refractivity contribution in [3.05, 3.63) is 93.2 Å². The number of fused-ring (bicyclic) bond motifs is 8. The van der Waals surface area contributed by atoms with Gasteiger partial charge in [-0.1, -0.05) is 42.3 Å². The number of alkyl halides is 3. The molecule has 4 aliphatic rings. The van der Waals surface area contributed by atoms with E-state index >= 15 is 0 Å². The van der Waals surface area contributed by atoms with E-state index in [1.54, 1.807) is 0 Å². The minimum atomic E-state index is -4.58. The van der Waals surface area contributed by atoms with Crippen molar-refractivity contribution < 1.29 is 37.7 Å². The second-order valence-corrected chi connectivity index (χ2v) is 15.4. The second kappa shape index (κ2) is 15.2. The van der Waals surface area contributed by atoms with E-state index in [4.69, 9.17) is 16.0 Å². The minimum absolute atomic E-state index is 0.0334. The third-order valence-electron chi connectivity index (χ3n) is 11.7. The Labute approximate surface area is 302 Å². The summed E-state index contributed by atoms with van der Waals surface area (Å²) < 4.78 is 46.6. The van der Waals surface area contributed by atoms with Crippen LogP contribution in [0.2, 0.25) is 5.02 Å². The molecular weight excluding hydrogens is 681 g/mol. The largest absolute Gasteiger partial charge is 0.453 e. The van der Waals surface area contributed by atoms with E-state index in [1.807, 2.05) is 18.2 Å². The summed E-state index contributed by atoms with van der Waals surface area (Å²) in [6.45, 7) is 8.71. The Morgan fingerprint density at radius 2 is 1.76 bits per heavy atom. The van der Waals surface area contributed by atoms with Gasteiger partial charge in [-0.25, -0.2) is 0 Å². The Hall–Kier alpha value is -2.99. The van der Waals surface area contributed by atoms with Crippen LogP contribution < -0.4 is 0 Å². The summed E-state index contributed by atoms with van der Waals surface area (Å²) in [6.07, 6.45) is 1.32. The SMILES string of the molecule is CC1=CCC[C@@]2(C)[C@@H](CC[C@@]2(O)CN2CCN(CCO)CC2)c2ccc(cc2C(=O)c2ccc(-c3cc(C(F)(F)F)ccc3Cl)o2)C[C@@H](O)CC1. The van der Waals surface area contributed by atoms with Crippen molar-refractivity contribution in [3.63, 3.8) is 0 Å². The Morgan fingerprint density at radius 3 is 2.49 bits per heavy atom. The first kappa shape index (κ1) is 37.8. The van der Waals surface area contributed by atoms with Crippen LogP contribution in [0.25, 0.3) is 11.3 Å². The van der Waals surface area contributed by atoms with E-state index < -0.39 is 34.6 Å². The molecule has 276 valence electrons. The average Bonchev–Trinajstić information content (AvgIpc) is 3.67. The summed E-state index contributed by atoms with van der Waals surface area (Å²) in [5.74, 6) is -0.588. The van der Waals surface area contributed by atoms with Gasteiger partial charge in [-0.05, 0) is 105 Å². The zero-order valence-electron chi connectivity index (χ0n) is 29.3. The van der Waals surface area contributed by atoms with Crippen molar-refractivity contribution in [2.75, 3.05) is 45.9 Å². The number of hydrogen-bond acceptors (Lipinski definition) is 7. The number of aliphatic hydroxyl groups is 3. The first-order valence-corrected chi connectivity index (χ1v) is 18.3. The Bertz CT molecular complexity index is 1750. The first-order valence-electron chi connectivity index (χ1n) is 18.0.